The minimum Gasteiger partial charge on any atom is -0.423 e. The lowest BCUT2D eigenvalue weighted by Crippen LogP contribution is -1.99. The second kappa shape index (κ2) is 5.20. The van der Waals surface area contributed by atoms with Gasteiger partial charge in [0.1, 0.15) is 11.3 Å². The van der Waals surface area contributed by atoms with Crippen molar-refractivity contribution in [1.29, 1.82) is 0 Å². The van der Waals surface area contributed by atoms with Crippen molar-refractivity contribution >= 4 is 22.8 Å². The number of nitro benzene ring substituents is 1. The SMILES string of the molecule is O=[N+]([O-])c1ccc2nc(NCc3ccc(F)cc3)oc2c1. The lowest BCUT2D eigenvalue weighted by molar-refractivity contribution is -0.384. The molecule has 0 aliphatic heterocycles. The van der Waals surface area contributed by atoms with Gasteiger partial charge in [0.2, 0.25) is 0 Å². The van der Waals surface area contributed by atoms with Crippen molar-refractivity contribution in [2.24, 2.45) is 0 Å². The molecule has 3 rings (SSSR count). The Hall–Kier alpha value is -2.96. The number of nitrogens with zero attached hydrogens (tertiary/aromatic N) is 2. The molecule has 1 N–H and O–H groups in total. The van der Waals surface area contributed by atoms with Gasteiger partial charge in [-0.05, 0) is 23.8 Å². The lowest BCUT2D eigenvalue weighted by atomic mass is 10.2. The van der Waals surface area contributed by atoms with E-state index in [1.165, 1.54) is 30.3 Å². The van der Waals surface area contributed by atoms with Crippen molar-refractivity contribution in [3.05, 3.63) is 64.0 Å². The Morgan fingerprint density at radius 3 is 2.71 bits per heavy atom. The van der Waals surface area contributed by atoms with E-state index in [1.54, 1.807) is 12.1 Å². The summed E-state index contributed by atoms with van der Waals surface area (Å²) in [5.41, 5.74) is 1.68. The monoisotopic (exact) mass is 287 g/mol. The highest BCUT2D eigenvalue weighted by Gasteiger charge is 2.11. The molecule has 21 heavy (non-hydrogen) atoms. The molecule has 0 spiro atoms. The van der Waals surface area contributed by atoms with Gasteiger partial charge in [-0.15, -0.1) is 0 Å². The van der Waals surface area contributed by atoms with Crippen LogP contribution in [0.25, 0.3) is 11.1 Å². The minimum atomic E-state index is -0.492. The van der Waals surface area contributed by atoms with E-state index in [0.717, 1.165) is 5.56 Å². The standard InChI is InChI=1S/C14H10FN3O3/c15-10-3-1-9(2-4-10)8-16-14-17-12-6-5-11(18(19)20)7-13(12)21-14/h1-7H,8H2,(H,16,17). The second-order valence-corrected chi connectivity index (χ2v) is 4.41. The van der Waals surface area contributed by atoms with Crippen LogP contribution in [0.15, 0.2) is 46.9 Å². The van der Waals surface area contributed by atoms with Crippen molar-refractivity contribution in [3.63, 3.8) is 0 Å². The summed E-state index contributed by atoms with van der Waals surface area (Å²) in [5.74, 6) is -0.298. The van der Waals surface area contributed by atoms with Gasteiger partial charge in [0.25, 0.3) is 11.7 Å². The fourth-order valence-electron chi connectivity index (χ4n) is 1.88. The summed E-state index contributed by atoms with van der Waals surface area (Å²) in [6.07, 6.45) is 0. The number of hydrogen-bond donors (Lipinski definition) is 1. The van der Waals surface area contributed by atoms with E-state index in [2.05, 4.69) is 10.3 Å². The number of rotatable bonds is 4. The molecule has 0 fully saturated rings. The summed E-state index contributed by atoms with van der Waals surface area (Å²) < 4.78 is 18.2. The van der Waals surface area contributed by atoms with Crippen molar-refractivity contribution in [2.75, 3.05) is 5.32 Å². The predicted molar refractivity (Wildman–Crippen MR) is 74.4 cm³/mol. The maximum absolute atomic E-state index is 12.8. The summed E-state index contributed by atoms with van der Waals surface area (Å²) in [6.45, 7) is 0.412. The molecule has 0 radical (unpaired) electrons. The fourth-order valence-corrected chi connectivity index (χ4v) is 1.88. The quantitative estimate of drug-likeness (QED) is 0.586. The van der Waals surface area contributed by atoms with Crippen LogP contribution in [0.4, 0.5) is 16.1 Å². The number of non-ortho nitro benzene ring substituents is 1. The van der Waals surface area contributed by atoms with E-state index in [-0.39, 0.29) is 17.5 Å². The van der Waals surface area contributed by atoms with Gasteiger partial charge in [-0.3, -0.25) is 10.1 Å². The zero-order valence-electron chi connectivity index (χ0n) is 10.7. The molecule has 0 saturated heterocycles. The third-order valence-electron chi connectivity index (χ3n) is 2.94. The molecule has 2 aromatic carbocycles. The molecule has 1 aromatic heterocycles. The Morgan fingerprint density at radius 1 is 1.24 bits per heavy atom. The summed E-state index contributed by atoms with van der Waals surface area (Å²) in [4.78, 5) is 14.4. The average molecular weight is 287 g/mol. The molecule has 6 nitrogen and oxygen atoms in total. The highest BCUT2D eigenvalue weighted by molar-refractivity contribution is 5.77. The molecule has 106 valence electrons. The highest BCUT2D eigenvalue weighted by Crippen LogP contribution is 2.23. The maximum Gasteiger partial charge on any atom is 0.295 e. The molecule has 0 amide bonds. The molecule has 0 atom stereocenters. The van der Waals surface area contributed by atoms with Crippen LogP contribution in [0.3, 0.4) is 0 Å². The largest absolute Gasteiger partial charge is 0.423 e. The summed E-state index contributed by atoms with van der Waals surface area (Å²) in [6, 6.07) is 10.5. The van der Waals surface area contributed by atoms with Crippen LogP contribution in [0, 0.1) is 15.9 Å². The van der Waals surface area contributed by atoms with Crippen molar-refractivity contribution < 1.29 is 13.7 Å². The molecular formula is C14H10FN3O3. The fraction of sp³-hybridized carbons (Fsp3) is 0.0714. The Bertz CT molecular complexity index is 799. The van der Waals surface area contributed by atoms with Crippen LogP contribution in [-0.2, 0) is 6.54 Å². The molecule has 0 unspecified atom stereocenters. The molecule has 0 aliphatic rings. The Balaban J connectivity index is 1.78. The van der Waals surface area contributed by atoms with Gasteiger partial charge in [-0.2, -0.15) is 4.98 Å². The number of aromatic nitrogens is 1. The van der Waals surface area contributed by atoms with E-state index in [1.807, 2.05) is 0 Å². The highest BCUT2D eigenvalue weighted by atomic mass is 19.1. The van der Waals surface area contributed by atoms with Crippen molar-refractivity contribution in [3.8, 4) is 0 Å². The molecular weight excluding hydrogens is 277 g/mol. The maximum atomic E-state index is 12.8. The van der Waals surface area contributed by atoms with Gasteiger partial charge in [-0.1, -0.05) is 12.1 Å². The molecule has 0 aliphatic carbocycles. The summed E-state index contributed by atoms with van der Waals surface area (Å²) in [5, 5.41) is 13.6. The zero-order chi connectivity index (χ0) is 14.8. The predicted octanol–water partition coefficient (Wildman–Crippen LogP) is 3.49. The van der Waals surface area contributed by atoms with E-state index in [9.17, 15) is 14.5 Å². The van der Waals surface area contributed by atoms with Gasteiger partial charge in [0.15, 0.2) is 5.58 Å². The first kappa shape index (κ1) is 13.0. The summed E-state index contributed by atoms with van der Waals surface area (Å²) >= 11 is 0. The first-order valence-electron chi connectivity index (χ1n) is 6.15. The Morgan fingerprint density at radius 2 is 2.00 bits per heavy atom. The van der Waals surface area contributed by atoms with Crippen LogP contribution < -0.4 is 5.32 Å². The zero-order valence-corrected chi connectivity index (χ0v) is 10.7. The van der Waals surface area contributed by atoms with Gasteiger partial charge in [-0.25, -0.2) is 4.39 Å². The summed E-state index contributed by atoms with van der Waals surface area (Å²) in [7, 11) is 0. The third kappa shape index (κ3) is 2.81. The second-order valence-electron chi connectivity index (χ2n) is 4.41. The topological polar surface area (TPSA) is 81.2 Å². The van der Waals surface area contributed by atoms with E-state index < -0.39 is 4.92 Å². The Kier molecular flexibility index (Phi) is 3.23. The number of nitrogens with one attached hydrogen (secondary N) is 1. The van der Waals surface area contributed by atoms with Crippen LogP contribution in [-0.4, -0.2) is 9.91 Å². The lowest BCUT2D eigenvalue weighted by Gasteiger charge is -2.01. The van der Waals surface area contributed by atoms with E-state index >= 15 is 0 Å². The molecule has 0 saturated carbocycles. The molecule has 7 heteroatoms. The van der Waals surface area contributed by atoms with Crippen LogP contribution in [0.5, 0.6) is 0 Å². The van der Waals surface area contributed by atoms with Gasteiger partial charge in [0.05, 0.1) is 11.0 Å². The first-order chi connectivity index (χ1) is 10.1. The number of anilines is 1. The van der Waals surface area contributed by atoms with Crippen LogP contribution in [0.1, 0.15) is 5.56 Å². The van der Waals surface area contributed by atoms with E-state index in [4.69, 9.17) is 4.42 Å². The molecule has 1 heterocycles. The molecule has 3 aromatic rings. The van der Waals surface area contributed by atoms with Gasteiger partial charge >= 0.3 is 0 Å². The Labute approximate surface area is 118 Å². The van der Waals surface area contributed by atoms with Crippen molar-refractivity contribution in [2.45, 2.75) is 6.54 Å². The third-order valence-corrected chi connectivity index (χ3v) is 2.94. The number of benzene rings is 2. The smallest absolute Gasteiger partial charge is 0.295 e. The average Bonchev–Trinajstić information content (AvgIpc) is 2.88. The first-order valence-corrected chi connectivity index (χ1v) is 6.15. The van der Waals surface area contributed by atoms with E-state index in [0.29, 0.717) is 17.6 Å². The number of halogens is 1. The van der Waals surface area contributed by atoms with Crippen LogP contribution >= 0.6 is 0 Å². The van der Waals surface area contributed by atoms with Gasteiger partial charge in [0, 0.05) is 12.6 Å². The van der Waals surface area contributed by atoms with Gasteiger partial charge < -0.3 is 9.73 Å². The number of nitro groups is 1. The van der Waals surface area contributed by atoms with Crippen LogP contribution in [0.2, 0.25) is 0 Å². The van der Waals surface area contributed by atoms with Crippen molar-refractivity contribution in [1.82, 2.24) is 4.98 Å². The number of hydrogen-bond acceptors (Lipinski definition) is 5. The normalized spacial score (nSPS) is 10.7. The minimum absolute atomic E-state index is 0.0521. The number of oxazole rings is 1. The molecule has 0 bridgehead atoms. The number of fused-ring (bicyclic) bond motifs is 1.